The lowest BCUT2D eigenvalue weighted by atomic mass is 9.79. The number of hydrogen-bond donors (Lipinski definition) is 4. The van der Waals surface area contributed by atoms with Gasteiger partial charge in [-0.25, -0.2) is 4.79 Å². The second-order valence-corrected chi connectivity index (χ2v) is 5.84. The Morgan fingerprint density at radius 1 is 1.50 bits per heavy atom. The largest absolute Gasteiger partial charge is 0.479 e. The average Bonchev–Trinajstić information content (AvgIpc) is 2.71. The lowest BCUT2D eigenvalue weighted by Crippen LogP contribution is -2.30. The van der Waals surface area contributed by atoms with E-state index in [1.807, 2.05) is 0 Å². The van der Waals surface area contributed by atoms with Crippen LogP contribution in [0.2, 0.25) is 0 Å². The van der Waals surface area contributed by atoms with Crippen LogP contribution in [-0.2, 0) is 9.63 Å². The van der Waals surface area contributed by atoms with Gasteiger partial charge in [0.25, 0.3) is 0 Å². The van der Waals surface area contributed by atoms with E-state index in [0.717, 1.165) is 24.1 Å². The molecule has 0 bridgehead atoms. The van der Waals surface area contributed by atoms with Crippen LogP contribution in [0.25, 0.3) is 0 Å². The highest BCUT2D eigenvalue weighted by Gasteiger charge is 2.45. The first-order valence-corrected chi connectivity index (χ1v) is 7.71. The number of carboxylic acid groups (broad SMARTS) is 1. The van der Waals surface area contributed by atoms with Gasteiger partial charge in [-0.3, -0.25) is 10.3 Å². The number of fused-ring (bicyclic) bond motifs is 1. The van der Waals surface area contributed by atoms with E-state index in [1.54, 1.807) is 0 Å². The van der Waals surface area contributed by atoms with Crippen LogP contribution in [0, 0.1) is 23.7 Å². The molecule has 0 saturated heterocycles. The molecule has 0 aromatic heterocycles. The third-order valence-electron chi connectivity index (χ3n) is 4.18. The van der Waals surface area contributed by atoms with E-state index in [0.29, 0.717) is 19.3 Å². The predicted molar refractivity (Wildman–Crippen MR) is 79.3 cm³/mol. The molecule has 0 spiro atoms. The van der Waals surface area contributed by atoms with Crippen LogP contribution in [-0.4, -0.2) is 40.1 Å². The second kappa shape index (κ2) is 7.63. The minimum Gasteiger partial charge on any atom is -0.479 e. The number of carboxylic acids is 1. The van der Waals surface area contributed by atoms with Crippen LogP contribution in [0.15, 0.2) is 11.3 Å². The van der Waals surface area contributed by atoms with Gasteiger partial charge in [0.2, 0.25) is 0 Å². The highest BCUT2D eigenvalue weighted by atomic mass is 16.7. The van der Waals surface area contributed by atoms with Crippen molar-refractivity contribution < 1.29 is 25.0 Å². The summed E-state index contributed by atoms with van der Waals surface area (Å²) in [6, 6.07) is 0. The molecular weight excluding hydrogens is 286 g/mol. The number of nitrogens with one attached hydrogen (secondary N) is 1. The van der Waals surface area contributed by atoms with Gasteiger partial charge in [0, 0.05) is 11.6 Å². The van der Waals surface area contributed by atoms with E-state index in [9.17, 15) is 15.0 Å². The van der Waals surface area contributed by atoms with Gasteiger partial charge < -0.3 is 15.3 Å². The zero-order chi connectivity index (χ0) is 16.1. The number of carbonyl (C=O) groups is 1. The molecule has 0 amide bonds. The number of aliphatic carboxylic acids is 1. The van der Waals surface area contributed by atoms with Crippen LogP contribution in [0.3, 0.4) is 0 Å². The Hall–Kier alpha value is -1.55. The summed E-state index contributed by atoms with van der Waals surface area (Å²) in [6.45, 7) is 1.66. The minimum absolute atomic E-state index is 0.156. The molecule has 1 fully saturated rings. The van der Waals surface area contributed by atoms with Crippen molar-refractivity contribution >= 4 is 5.97 Å². The fraction of sp³-hybridized carbons (Fsp3) is 0.688. The summed E-state index contributed by atoms with van der Waals surface area (Å²) in [4.78, 5) is 15.2. The maximum atomic E-state index is 10.4. The molecule has 2 aliphatic carbocycles. The monoisotopic (exact) mass is 309 g/mol. The van der Waals surface area contributed by atoms with Crippen molar-refractivity contribution in [2.45, 2.75) is 51.2 Å². The average molecular weight is 309 g/mol. The van der Waals surface area contributed by atoms with Gasteiger partial charge in [-0.15, -0.1) is 0 Å². The summed E-state index contributed by atoms with van der Waals surface area (Å²) in [7, 11) is 0. The van der Waals surface area contributed by atoms with Crippen molar-refractivity contribution in [3.8, 4) is 11.8 Å². The Morgan fingerprint density at radius 2 is 2.27 bits per heavy atom. The third kappa shape index (κ3) is 4.01. The van der Waals surface area contributed by atoms with Crippen molar-refractivity contribution in [2.24, 2.45) is 11.8 Å². The van der Waals surface area contributed by atoms with Crippen LogP contribution in [0.1, 0.15) is 39.0 Å². The molecule has 0 radical (unpaired) electrons. The van der Waals surface area contributed by atoms with Gasteiger partial charge in [-0.1, -0.05) is 31.6 Å². The molecule has 2 rings (SSSR count). The summed E-state index contributed by atoms with van der Waals surface area (Å²) in [5.41, 5.74) is 4.55. The van der Waals surface area contributed by atoms with Crippen molar-refractivity contribution in [2.75, 3.05) is 6.61 Å². The molecule has 2 aliphatic rings. The maximum Gasteiger partial charge on any atom is 0.332 e. The third-order valence-corrected chi connectivity index (χ3v) is 4.18. The summed E-state index contributed by atoms with van der Waals surface area (Å²) in [5.74, 6) is 4.85. The number of hydroxylamine groups is 1. The Bertz CT molecular complexity index is 504. The molecule has 0 heterocycles. The molecule has 4 N–H and O–H groups in total. The number of aliphatic hydroxyl groups excluding tert-OH is 2. The highest BCUT2D eigenvalue weighted by Crippen LogP contribution is 2.48. The van der Waals surface area contributed by atoms with E-state index >= 15 is 0 Å². The van der Waals surface area contributed by atoms with Gasteiger partial charge in [-0.2, -0.15) is 0 Å². The van der Waals surface area contributed by atoms with E-state index in [4.69, 9.17) is 9.94 Å². The van der Waals surface area contributed by atoms with Gasteiger partial charge >= 0.3 is 5.97 Å². The van der Waals surface area contributed by atoms with Crippen molar-refractivity contribution in [3.63, 3.8) is 0 Å². The SMILES string of the molecule is CCCCC(O)C#CC1C(O)CC2=C(NOCC(=O)O)CC21. The number of rotatable bonds is 7. The van der Waals surface area contributed by atoms with Crippen molar-refractivity contribution in [3.05, 3.63) is 11.3 Å². The second-order valence-electron chi connectivity index (χ2n) is 5.84. The predicted octanol–water partition coefficient (Wildman–Crippen LogP) is 0.801. The zero-order valence-electron chi connectivity index (χ0n) is 12.7. The zero-order valence-corrected chi connectivity index (χ0v) is 12.7. The minimum atomic E-state index is -1.04. The molecule has 6 nitrogen and oxygen atoms in total. The van der Waals surface area contributed by atoms with Gasteiger partial charge in [0.1, 0.15) is 6.10 Å². The molecule has 4 atom stereocenters. The Morgan fingerprint density at radius 3 is 2.95 bits per heavy atom. The molecule has 22 heavy (non-hydrogen) atoms. The lowest BCUT2D eigenvalue weighted by Gasteiger charge is -2.30. The summed E-state index contributed by atoms with van der Waals surface area (Å²) < 4.78 is 0. The first kappa shape index (κ1) is 16.8. The fourth-order valence-corrected chi connectivity index (χ4v) is 2.96. The molecule has 6 heteroatoms. The molecule has 0 aromatic rings. The lowest BCUT2D eigenvalue weighted by molar-refractivity contribution is -0.144. The first-order chi connectivity index (χ1) is 10.5. The van der Waals surface area contributed by atoms with Crippen LogP contribution >= 0.6 is 0 Å². The Labute approximate surface area is 130 Å². The summed E-state index contributed by atoms with van der Waals surface area (Å²) >= 11 is 0. The van der Waals surface area contributed by atoms with Crippen LogP contribution in [0.5, 0.6) is 0 Å². The molecule has 4 unspecified atom stereocenters. The standard InChI is InChI=1S/C16H23NO5/c1-2-3-4-10(18)5-6-11-12-7-14(13(12)8-15(11)19)17-22-9-16(20)21/h10-12,15,17-19H,2-4,7-9H2,1H3,(H,20,21). The molecule has 122 valence electrons. The van der Waals surface area contributed by atoms with Crippen LogP contribution in [0.4, 0.5) is 0 Å². The molecular formula is C16H23NO5. The van der Waals surface area contributed by atoms with Gasteiger partial charge in [0.15, 0.2) is 6.61 Å². The number of allylic oxidation sites excluding steroid dienone is 1. The van der Waals surface area contributed by atoms with E-state index in [2.05, 4.69) is 24.2 Å². The van der Waals surface area contributed by atoms with E-state index < -0.39 is 24.8 Å². The highest BCUT2D eigenvalue weighted by molar-refractivity contribution is 5.67. The van der Waals surface area contributed by atoms with Crippen molar-refractivity contribution in [1.29, 1.82) is 0 Å². The Balaban J connectivity index is 1.88. The smallest absolute Gasteiger partial charge is 0.332 e. The van der Waals surface area contributed by atoms with E-state index in [-0.39, 0.29) is 11.8 Å². The first-order valence-electron chi connectivity index (χ1n) is 7.71. The van der Waals surface area contributed by atoms with Crippen molar-refractivity contribution in [1.82, 2.24) is 5.48 Å². The molecule has 0 aromatic carbocycles. The topological polar surface area (TPSA) is 99.0 Å². The van der Waals surface area contributed by atoms with Gasteiger partial charge in [0.05, 0.1) is 12.0 Å². The number of hydrogen-bond acceptors (Lipinski definition) is 5. The number of aliphatic hydroxyl groups is 2. The maximum absolute atomic E-state index is 10.4. The number of unbranched alkanes of at least 4 members (excludes halogenated alkanes) is 1. The van der Waals surface area contributed by atoms with Gasteiger partial charge in [-0.05, 0) is 24.8 Å². The van der Waals surface area contributed by atoms with E-state index in [1.165, 1.54) is 0 Å². The summed E-state index contributed by atoms with van der Waals surface area (Å²) in [5, 5.41) is 28.4. The fourth-order valence-electron chi connectivity index (χ4n) is 2.96. The molecule has 0 aliphatic heterocycles. The summed E-state index contributed by atoms with van der Waals surface area (Å²) in [6.07, 6.45) is 2.67. The van der Waals surface area contributed by atoms with Crippen LogP contribution < -0.4 is 5.48 Å². The molecule has 1 saturated carbocycles. The quantitative estimate of drug-likeness (QED) is 0.410. The Kier molecular flexibility index (Phi) is 5.83. The normalized spacial score (nSPS) is 27.5.